The first-order valence-electron chi connectivity index (χ1n) is 4.69. The second kappa shape index (κ2) is 6.67. The Labute approximate surface area is 80.5 Å². The topological polar surface area (TPSA) is 12.0 Å². The van der Waals surface area contributed by atoms with Gasteiger partial charge in [-0.3, -0.25) is 0 Å². The van der Waals surface area contributed by atoms with E-state index in [9.17, 15) is 4.39 Å². The number of rotatable bonds is 3. The van der Waals surface area contributed by atoms with Crippen LogP contribution >= 0.6 is 12.4 Å². The maximum absolute atomic E-state index is 13.2. The molecule has 12 heavy (non-hydrogen) atoms. The Bertz CT molecular complexity index is 105. The van der Waals surface area contributed by atoms with E-state index in [1.807, 2.05) is 6.92 Å². The lowest BCUT2D eigenvalue weighted by Gasteiger charge is -2.25. The van der Waals surface area contributed by atoms with Crippen molar-refractivity contribution in [2.75, 3.05) is 13.1 Å². The molecule has 2 atom stereocenters. The maximum Gasteiger partial charge on any atom is 0.104 e. The summed E-state index contributed by atoms with van der Waals surface area (Å²) in [6.07, 6.45) is 3.38. The molecule has 0 amide bonds. The molecule has 74 valence electrons. The first-order chi connectivity index (χ1) is 5.34. The molecule has 1 N–H and O–H groups in total. The minimum absolute atomic E-state index is 0. The molecule has 1 aliphatic heterocycles. The number of alkyl halides is 1. The van der Waals surface area contributed by atoms with Crippen molar-refractivity contribution in [2.45, 2.75) is 38.8 Å². The third-order valence-electron chi connectivity index (χ3n) is 2.41. The van der Waals surface area contributed by atoms with Crippen LogP contribution in [0, 0.1) is 5.92 Å². The first-order valence-corrected chi connectivity index (χ1v) is 4.69. The predicted octanol–water partition coefficient (Wildman–Crippen LogP) is 2.55. The number of nitrogens with one attached hydrogen (secondary N) is 1. The summed E-state index contributed by atoms with van der Waals surface area (Å²) in [7, 11) is 0. The van der Waals surface area contributed by atoms with Crippen LogP contribution < -0.4 is 5.32 Å². The van der Waals surface area contributed by atoms with Crippen molar-refractivity contribution in [3.05, 3.63) is 0 Å². The quantitative estimate of drug-likeness (QED) is 0.730. The van der Waals surface area contributed by atoms with E-state index >= 15 is 0 Å². The molecule has 1 saturated heterocycles. The third-order valence-corrected chi connectivity index (χ3v) is 2.41. The van der Waals surface area contributed by atoms with Gasteiger partial charge in [0.05, 0.1) is 0 Å². The van der Waals surface area contributed by atoms with Gasteiger partial charge in [-0.25, -0.2) is 4.39 Å². The van der Waals surface area contributed by atoms with E-state index in [-0.39, 0.29) is 12.4 Å². The highest BCUT2D eigenvalue weighted by Crippen LogP contribution is 2.20. The van der Waals surface area contributed by atoms with Crippen molar-refractivity contribution in [1.29, 1.82) is 0 Å². The molecule has 1 rings (SSSR count). The SMILES string of the molecule is CCCC(F)C1CCCNC1.Cl. The summed E-state index contributed by atoms with van der Waals surface area (Å²) in [6.45, 7) is 4.01. The minimum atomic E-state index is -0.562. The molecule has 1 heterocycles. The molecule has 0 bridgehead atoms. The van der Waals surface area contributed by atoms with E-state index in [1.54, 1.807) is 0 Å². The van der Waals surface area contributed by atoms with Crippen LogP contribution in [-0.4, -0.2) is 19.3 Å². The van der Waals surface area contributed by atoms with E-state index in [0.717, 1.165) is 38.8 Å². The van der Waals surface area contributed by atoms with E-state index in [2.05, 4.69) is 5.32 Å². The van der Waals surface area contributed by atoms with Crippen LogP contribution in [0.4, 0.5) is 4.39 Å². The van der Waals surface area contributed by atoms with Crippen LogP contribution in [-0.2, 0) is 0 Å². The molecule has 0 aromatic rings. The van der Waals surface area contributed by atoms with Gasteiger partial charge >= 0.3 is 0 Å². The standard InChI is InChI=1S/C9H18FN.ClH/c1-2-4-9(10)8-5-3-6-11-7-8;/h8-9,11H,2-7H2,1H3;1H. The molecule has 0 aromatic heterocycles. The Balaban J connectivity index is 0.00000121. The number of hydrogen-bond acceptors (Lipinski definition) is 1. The smallest absolute Gasteiger partial charge is 0.104 e. The van der Waals surface area contributed by atoms with Gasteiger partial charge in [0.25, 0.3) is 0 Å². The zero-order chi connectivity index (χ0) is 8.10. The molecular formula is C9H19ClFN. The van der Waals surface area contributed by atoms with Crippen LogP contribution in [0.3, 0.4) is 0 Å². The fourth-order valence-electron chi connectivity index (χ4n) is 1.70. The Morgan fingerprint density at radius 1 is 1.58 bits per heavy atom. The molecule has 1 fully saturated rings. The van der Waals surface area contributed by atoms with Crippen molar-refractivity contribution in [1.82, 2.24) is 5.32 Å². The number of halogens is 2. The maximum atomic E-state index is 13.2. The molecular weight excluding hydrogens is 177 g/mol. The summed E-state index contributed by atoms with van der Waals surface area (Å²) in [5.74, 6) is 0.295. The highest BCUT2D eigenvalue weighted by atomic mass is 35.5. The van der Waals surface area contributed by atoms with Gasteiger partial charge < -0.3 is 5.32 Å². The van der Waals surface area contributed by atoms with Crippen molar-refractivity contribution < 1.29 is 4.39 Å². The Morgan fingerprint density at radius 3 is 2.83 bits per heavy atom. The van der Waals surface area contributed by atoms with Gasteiger partial charge in [0.2, 0.25) is 0 Å². The lowest BCUT2D eigenvalue weighted by molar-refractivity contribution is 0.180. The minimum Gasteiger partial charge on any atom is -0.316 e. The van der Waals surface area contributed by atoms with Crippen LogP contribution in [0.1, 0.15) is 32.6 Å². The largest absolute Gasteiger partial charge is 0.316 e. The van der Waals surface area contributed by atoms with Crippen molar-refractivity contribution in [3.8, 4) is 0 Å². The van der Waals surface area contributed by atoms with Crippen LogP contribution in [0.5, 0.6) is 0 Å². The van der Waals surface area contributed by atoms with Crippen LogP contribution in [0.25, 0.3) is 0 Å². The average molecular weight is 196 g/mol. The lowest BCUT2D eigenvalue weighted by atomic mass is 9.92. The summed E-state index contributed by atoms with van der Waals surface area (Å²) >= 11 is 0. The van der Waals surface area contributed by atoms with Gasteiger partial charge in [-0.1, -0.05) is 13.3 Å². The van der Waals surface area contributed by atoms with Crippen molar-refractivity contribution in [3.63, 3.8) is 0 Å². The van der Waals surface area contributed by atoms with E-state index < -0.39 is 6.17 Å². The van der Waals surface area contributed by atoms with Gasteiger partial charge in [-0.15, -0.1) is 12.4 Å². The Kier molecular flexibility index (Phi) is 6.77. The van der Waals surface area contributed by atoms with E-state index in [4.69, 9.17) is 0 Å². The second-order valence-electron chi connectivity index (χ2n) is 3.41. The molecule has 0 spiro atoms. The van der Waals surface area contributed by atoms with Crippen molar-refractivity contribution in [2.24, 2.45) is 5.92 Å². The summed E-state index contributed by atoms with van der Waals surface area (Å²) in [5.41, 5.74) is 0. The molecule has 0 radical (unpaired) electrons. The van der Waals surface area contributed by atoms with Crippen LogP contribution in [0.2, 0.25) is 0 Å². The fraction of sp³-hybridized carbons (Fsp3) is 1.00. The monoisotopic (exact) mass is 195 g/mol. The third kappa shape index (κ3) is 3.72. The fourth-order valence-corrected chi connectivity index (χ4v) is 1.70. The molecule has 2 unspecified atom stereocenters. The predicted molar refractivity (Wildman–Crippen MR) is 52.6 cm³/mol. The zero-order valence-electron chi connectivity index (χ0n) is 7.68. The Hall–Kier alpha value is 0.180. The second-order valence-corrected chi connectivity index (χ2v) is 3.41. The summed E-state index contributed by atoms with van der Waals surface area (Å²) in [6, 6.07) is 0. The number of hydrogen-bond donors (Lipinski definition) is 1. The van der Waals surface area contributed by atoms with Crippen LogP contribution in [0.15, 0.2) is 0 Å². The normalized spacial score (nSPS) is 26.0. The van der Waals surface area contributed by atoms with Gasteiger partial charge in [-0.2, -0.15) is 0 Å². The highest BCUT2D eigenvalue weighted by Gasteiger charge is 2.21. The van der Waals surface area contributed by atoms with Crippen molar-refractivity contribution >= 4 is 12.4 Å². The summed E-state index contributed by atoms with van der Waals surface area (Å²) in [5, 5.41) is 3.23. The van der Waals surface area contributed by atoms with Gasteiger partial charge in [0.15, 0.2) is 0 Å². The first kappa shape index (κ1) is 12.2. The summed E-state index contributed by atoms with van der Waals surface area (Å²) in [4.78, 5) is 0. The lowest BCUT2D eigenvalue weighted by Crippen LogP contribution is -2.34. The number of piperidine rings is 1. The average Bonchev–Trinajstić information content (AvgIpc) is 2.07. The Morgan fingerprint density at radius 2 is 2.33 bits per heavy atom. The highest BCUT2D eigenvalue weighted by molar-refractivity contribution is 5.85. The van der Waals surface area contributed by atoms with E-state index in [0.29, 0.717) is 5.92 Å². The molecule has 0 saturated carbocycles. The van der Waals surface area contributed by atoms with Gasteiger partial charge in [-0.05, 0) is 25.8 Å². The molecule has 0 aromatic carbocycles. The van der Waals surface area contributed by atoms with Gasteiger partial charge in [0, 0.05) is 12.5 Å². The van der Waals surface area contributed by atoms with E-state index in [1.165, 1.54) is 0 Å². The zero-order valence-corrected chi connectivity index (χ0v) is 8.50. The molecule has 3 heteroatoms. The summed E-state index contributed by atoms with van der Waals surface area (Å²) < 4.78 is 13.2. The molecule has 1 nitrogen and oxygen atoms in total. The molecule has 1 aliphatic rings. The van der Waals surface area contributed by atoms with Gasteiger partial charge in [0.1, 0.15) is 6.17 Å². The molecule has 0 aliphatic carbocycles.